The Bertz CT molecular complexity index is 267. The van der Waals surface area contributed by atoms with Gasteiger partial charge in [0.25, 0.3) is 0 Å². The van der Waals surface area contributed by atoms with Crippen molar-refractivity contribution in [2.45, 2.75) is 135 Å². The number of hydrogen-bond donors (Lipinski definition) is 3. The van der Waals surface area contributed by atoms with Crippen LogP contribution in [0.1, 0.15) is 129 Å². The van der Waals surface area contributed by atoms with Gasteiger partial charge in [-0.1, -0.05) is 110 Å². The largest absolute Gasteiger partial charge is 0.396 e. The molecule has 0 saturated carbocycles. The van der Waals surface area contributed by atoms with Gasteiger partial charge in [0.1, 0.15) is 0 Å². The third-order valence-electron chi connectivity index (χ3n) is 5.99. The van der Waals surface area contributed by atoms with E-state index in [9.17, 15) is 10.2 Å². The molecule has 0 heterocycles. The zero-order chi connectivity index (χ0) is 20.1. The summed E-state index contributed by atoms with van der Waals surface area (Å²) in [4.78, 5) is 0. The Hall–Kier alpha value is -0.120. The molecule has 3 N–H and O–H groups in total. The van der Waals surface area contributed by atoms with Gasteiger partial charge < -0.3 is 15.5 Å². The molecule has 0 spiro atoms. The number of unbranched alkanes of at least 4 members (excludes halogenated alkanes) is 14. The number of aliphatic hydroxyl groups is 2. The average molecular weight is 386 g/mol. The summed E-state index contributed by atoms with van der Waals surface area (Å²) < 4.78 is 0. The van der Waals surface area contributed by atoms with Crippen molar-refractivity contribution in [1.29, 1.82) is 0 Å². The molecule has 0 amide bonds. The second kappa shape index (κ2) is 20.6. The summed E-state index contributed by atoms with van der Waals surface area (Å²) in [6, 6.07) is 0. The van der Waals surface area contributed by atoms with E-state index < -0.39 is 0 Å². The number of rotatable bonds is 22. The van der Waals surface area contributed by atoms with Crippen molar-refractivity contribution in [2.24, 2.45) is 0 Å². The van der Waals surface area contributed by atoms with Crippen LogP contribution >= 0.6 is 0 Å². The minimum Gasteiger partial charge on any atom is -0.396 e. The molecule has 0 atom stereocenters. The highest BCUT2D eigenvalue weighted by atomic mass is 16.3. The van der Waals surface area contributed by atoms with Crippen molar-refractivity contribution in [3.8, 4) is 0 Å². The Labute approximate surface area is 170 Å². The van der Waals surface area contributed by atoms with Gasteiger partial charge in [-0.05, 0) is 25.8 Å². The molecule has 0 unspecified atom stereocenters. The zero-order valence-electron chi connectivity index (χ0n) is 18.7. The molecule has 0 fully saturated rings. The van der Waals surface area contributed by atoms with Crippen molar-refractivity contribution in [1.82, 2.24) is 5.32 Å². The normalized spacial score (nSPS) is 12.0. The number of aliphatic hydroxyl groups excluding tert-OH is 2. The molecule has 0 saturated heterocycles. The first kappa shape index (κ1) is 26.9. The summed E-state index contributed by atoms with van der Waals surface area (Å²) in [5, 5.41) is 22.2. The molecule has 27 heavy (non-hydrogen) atoms. The van der Waals surface area contributed by atoms with Gasteiger partial charge in [0.05, 0.1) is 0 Å². The van der Waals surface area contributed by atoms with Crippen LogP contribution in [0, 0.1) is 0 Å². The quantitative estimate of drug-likeness (QED) is 0.190. The Morgan fingerprint density at radius 1 is 0.519 bits per heavy atom. The lowest BCUT2D eigenvalue weighted by atomic mass is 9.85. The third kappa shape index (κ3) is 16.5. The molecule has 0 radical (unpaired) electrons. The van der Waals surface area contributed by atoms with Crippen LogP contribution in [0.15, 0.2) is 0 Å². The van der Waals surface area contributed by atoms with Crippen molar-refractivity contribution in [3.63, 3.8) is 0 Å². The van der Waals surface area contributed by atoms with Crippen molar-refractivity contribution in [2.75, 3.05) is 19.8 Å². The highest BCUT2D eigenvalue weighted by Crippen LogP contribution is 2.23. The Balaban J connectivity index is 3.49. The highest BCUT2D eigenvalue weighted by molar-refractivity contribution is 4.87. The monoisotopic (exact) mass is 385 g/mol. The van der Waals surface area contributed by atoms with E-state index in [1.807, 2.05) is 0 Å². The number of nitrogens with one attached hydrogen (secondary N) is 1. The first-order valence-electron chi connectivity index (χ1n) is 12.2. The molecule has 0 aromatic carbocycles. The molecule has 0 rings (SSSR count). The lowest BCUT2D eigenvalue weighted by Crippen LogP contribution is -2.46. The van der Waals surface area contributed by atoms with Crippen LogP contribution in [-0.2, 0) is 0 Å². The molecule has 0 aliphatic rings. The van der Waals surface area contributed by atoms with Gasteiger partial charge in [-0.25, -0.2) is 0 Å². The van der Waals surface area contributed by atoms with E-state index in [2.05, 4.69) is 19.2 Å². The Morgan fingerprint density at radius 2 is 0.889 bits per heavy atom. The first-order valence-corrected chi connectivity index (χ1v) is 12.2. The predicted molar refractivity (Wildman–Crippen MR) is 119 cm³/mol. The minimum absolute atomic E-state index is 0.0607. The molecule has 0 aromatic rings. The summed E-state index contributed by atoms with van der Waals surface area (Å²) in [6.45, 7) is 5.69. The fourth-order valence-corrected chi connectivity index (χ4v) is 4.28. The lowest BCUT2D eigenvalue weighted by Gasteiger charge is -2.34. The van der Waals surface area contributed by atoms with Crippen LogP contribution in [0.25, 0.3) is 0 Å². The van der Waals surface area contributed by atoms with E-state index >= 15 is 0 Å². The molecule has 0 bridgehead atoms. The molecule has 0 aromatic heterocycles. The van der Waals surface area contributed by atoms with E-state index in [1.54, 1.807) is 0 Å². The average Bonchev–Trinajstić information content (AvgIpc) is 2.65. The summed E-state index contributed by atoms with van der Waals surface area (Å²) >= 11 is 0. The van der Waals surface area contributed by atoms with Crippen LogP contribution in [-0.4, -0.2) is 35.5 Å². The molecule has 0 aliphatic carbocycles. The molecule has 3 nitrogen and oxygen atoms in total. The fraction of sp³-hybridized carbons (Fsp3) is 1.00. The van der Waals surface area contributed by atoms with Crippen molar-refractivity contribution in [3.05, 3.63) is 0 Å². The summed E-state index contributed by atoms with van der Waals surface area (Å²) in [7, 11) is 0. The van der Waals surface area contributed by atoms with Gasteiger partial charge in [-0.2, -0.15) is 0 Å². The summed E-state index contributed by atoms with van der Waals surface area (Å²) in [5.41, 5.74) is -0.0607. The van der Waals surface area contributed by atoms with Crippen LogP contribution in [0.3, 0.4) is 0 Å². The van der Waals surface area contributed by atoms with Crippen molar-refractivity contribution < 1.29 is 10.2 Å². The van der Waals surface area contributed by atoms with Gasteiger partial charge >= 0.3 is 0 Å². The van der Waals surface area contributed by atoms with E-state index in [-0.39, 0.29) is 18.8 Å². The maximum Gasteiger partial charge on any atom is 0.0448 e. The van der Waals surface area contributed by atoms with E-state index in [0.717, 1.165) is 25.8 Å². The first-order chi connectivity index (χ1) is 13.2. The van der Waals surface area contributed by atoms with Gasteiger partial charge in [0, 0.05) is 18.8 Å². The highest BCUT2D eigenvalue weighted by Gasteiger charge is 2.27. The molecular formula is C24H51NO2. The summed E-state index contributed by atoms with van der Waals surface area (Å²) in [5.74, 6) is 0. The lowest BCUT2D eigenvalue weighted by molar-refractivity contribution is 0.154. The predicted octanol–water partition coefficient (Wildman–Crippen LogP) is 6.36. The maximum absolute atomic E-state index is 9.36. The molecule has 3 heteroatoms. The van der Waals surface area contributed by atoms with Crippen LogP contribution in [0.4, 0.5) is 0 Å². The van der Waals surface area contributed by atoms with Gasteiger partial charge in [0.15, 0.2) is 0 Å². The Morgan fingerprint density at radius 3 is 1.22 bits per heavy atom. The van der Waals surface area contributed by atoms with E-state index in [1.165, 1.54) is 96.3 Å². The number of hydrogen-bond acceptors (Lipinski definition) is 3. The smallest absolute Gasteiger partial charge is 0.0448 e. The third-order valence-corrected chi connectivity index (χ3v) is 5.99. The van der Waals surface area contributed by atoms with Gasteiger partial charge in [-0.15, -0.1) is 0 Å². The molecule has 164 valence electrons. The van der Waals surface area contributed by atoms with Gasteiger partial charge in [0.2, 0.25) is 0 Å². The molecular weight excluding hydrogens is 334 g/mol. The van der Waals surface area contributed by atoms with Crippen LogP contribution < -0.4 is 5.32 Å². The van der Waals surface area contributed by atoms with E-state index in [0.29, 0.717) is 0 Å². The van der Waals surface area contributed by atoms with Gasteiger partial charge in [-0.3, -0.25) is 0 Å². The SMILES string of the molecule is CCCCCCCCCCCCCCCCCC(CCO)(CCO)NCC. The maximum atomic E-state index is 9.36. The minimum atomic E-state index is -0.0607. The van der Waals surface area contributed by atoms with Crippen LogP contribution in [0.2, 0.25) is 0 Å². The zero-order valence-corrected chi connectivity index (χ0v) is 18.7. The molecule has 0 aliphatic heterocycles. The summed E-state index contributed by atoms with van der Waals surface area (Å²) in [6.07, 6.45) is 23.4. The second-order valence-corrected chi connectivity index (χ2v) is 8.46. The standard InChI is InChI=1S/C24H51NO2/c1-3-5-6-7-8-9-10-11-12-13-14-15-16-17-18-19-24(20-22-26,21-23-27)25-4-2/h25-27H,3-23H2,1-2H3. The second-order valence-electron chi connectivity index (χ2n) is 8.46. The topological polar surface area (TPSA) is 52.5 Å². The Kier molecular flexibility index (Phi) is 20.5. The van der Waals surface area contributed by atoms with E-state index in [4.69, 9.17) is 0 Å². The van der Waals surface area contributed by atoms with Crippen LogP contribution in [0.5, 0.6) is 0 Å². The fourth-order valence-electron chi connectivity index (χ4n) is 4.28. The van der Waals surface area contributed by atoms with Crippen molar-refractivity contribution >= 4 is 0 Å².